The van der Waals surface area contributed by atoms with E-state index in [0.717, 1.165) is 17.7 Å². The van der Waals surface area contributed by atoms with Crippen molar-refractivity contribution < 1.29 is 23.9 Å². The van der Waals surface area contributed by atoms with Gasteiger partial charge in [-0.25, -0.2) is 4.79 Å². The first kappa shape index (κ1) is 20.1. The molecule has 9 heteroatoms. The Labute approximate surface area is 167 Å². The Morgan fingerprint density at radius 3 is 2.71 bits per heavy atom. The minimum atomic E-state index is -1.11. The SMILES string of the molecule is Cc1c(Cl)cccc1NC(=O)[C@@H](C)OC(=O)CN1C(=O)N[C@](C)(C2CC2)C1=O. The summed E-state index contributed by atoms with van der Waals surface area (Å²) in [7, 11) is 0. The van der Waals surface area contributed by atoms with E-state index in [2.05, 4.69) is 10.6 Å². The number of carbonyl (C=O) groups is 4. The molecule has 0 aromatic heterocycles. The van der Waals surface area contributed by atoms with Crippen molar-refractivity contribution in [2.24, 2.45) is 5.92 Å². The van der Waals surface area contributed by atoms with Gasteiger partial charge in [0.1, 0.15) is 12.1 Å². The Morgan fingerprint density at radius 2 is 2.07 bits per heavy atom. The van der Waals surface area contributed by atoms with Gasteiger partial charge in [0, 0.05) is 10.7 Å². The van der Waals surface area contributed by atoms with Gasteiger partial charge in [-0.3, -0.25) is 19.3 Å². The van der Waals surface area contributed by atoms with Crippen LogP contribution in [-0.4, -0.2) is 46.9 Å². The van der Waals surface area contributed by atoms with E-state index in [1.165, 1.54) is 6.92 Å². The Hall–Kier alpha value is -2.61. The van der Waals surface area contributed by atoms with E-state index in [0.29, 0.717) is 16.3 Å². The fourth-order valence-corrected chi connectivity index (χ4v) is 3.37. The molecule has 28 heavy (non-hydrogen) atoms. The van der Waals surface area contributed by atoms with Crippen molar-refractivity contribution in [3.63, 3.8) is 0 Å². The smallest absolute Gasteiger partial charge is 0.327 e. The highest BCUT2D eigenvalue weighted by molar-refractivity contribution is 6.31. The third-order valence-electron chi connectivity index (χ3n) is 5.19. The molecule has 0 radical (unpaired) electrons. The molecular formula is C19H22ClN3O5. The Morgan fingerprint density at radius 1 is 1.39 bits per heavy atom. The average molecular weight is 408 g/mol. The summed E-state index contributed by atoms with van der Waals surface area (Å²) < 4.78 is 5.10. The predicted octanol–water partition coefficient (Wildman–Crippen LogP) is 2.24. The number of urea groups is 1. The number of benzene rings is 1. The predicted molar refractivity (Wildman–Crippen MR) is 102 cm³/mol. The number of amides is 4. The van der Waals surface area contributed by atoms with Gasteiger partial charge in [0.25, 0.3) is 11.8 Å². The highest BCUT2D eigenvalue weighted by Crippen LogP contribution is 2.42. The fourth-order valence-electron chi connectivity index (χ4n) is 3.19. The number of rotatable bonds is 6. The van der Waals surface area contributed by atoms with Crippen molar-refractivity contribution >= 4 is 41.1 Å². The molecule has 1 heterocycles. The van der Waals surface area contributed by atoms with Crippen LogP contribution in [0.4, 0.5) is 10.5 Å². The van der Waals surface area contributed by atoms with Crippen LogP contribution < -0.4 is 10.6 Å². The molecule has 2 fully saturated rings. The highest BCUT2D eigenvalue weighted by Gasteiger charge is 2.56. The van der Waals surface area contributed by atoms with Crippen LogP contribution in [0, 0.1) is 12.8 Å². The number of imide groups is 1. The van der Waals surface area contributed by atoms with Crippen LogP contribution in [0.2, 0.25) is 5.02 Å². The van der Waals surface area contributed by atoms with Gasteiger partial charge in [-0.05, 0) is 57.2 Å². The molecule has 2 atom stereocenters. The van der Waals surface area contributed by atoms with Crippen LogP contribution >= 0.6 is 11.6 Å². The molecule has 4 amide bonds. The molecule has 1 saturated carbocycles. The van der Waals surface area contributed by atoms with Crippen molar-refractivity contribution in [3.8, 4) is 0 Å². The minimum absolute atomic E-state index is 0.0932. The standard InChI is InChI=1S/C19H22ClN3O5/c1-10-13(20)5-4-6-14(10)21-16(25)11(2)28-15(24)9-23-17(26)19(3,12-7-8-12)22-18(23)27/h4-6,11-12H,7-9H2,1-3H3,(H,21,25)(H,22,27)/t11-,19-/m1/s1. The van der Waals surface area contributed by atoms with E-state index in [1.54, 1.807) is 32.0 Å². The third kappa shape index (κ3) is 3.82. The van der Waals surface area contributed by atoms with Gasteiger partial charge in [-0.15, -0.1) is 0 Å². The summed E-state index contributed by atoms with van der Waals surface area (Å²) >= 11 is 6.02. The fraction of sp³-hybridized carbons (Fsp3) is 0.474. The second kappa shape index (κ2) is 7.43. The van der Waals surface area contributed by atoms with Crippen LogP contribution in [0.25, 0.3) is 0 Å². The first-order valence-corrected chi connectivity index (χ1v) is 9.41. The molecule has 1 aliphatic heterocycles. The first-order chi connectivity index (χ1) is 13.1. The lowest BCUT2D eigenvalue weighted by Gasteiger charge is -2.21. The Bertz CT molecular complexity index is 854. The van der Waals surface area contributed by atoms with Crippen LogP contribution in [0.15, 0.2) is 18.2 Å². The van der Waals surface area contributed by atoms with Crippen molar-refractivity contribution in [1.29, 1.82) is 0 Å². The number of ether oxygens (including phenoxy) is 1. The van der Waals surface area contributed by atoms with E-state index >= 15 is 0 Å². The Kier molecular flexibility index (Phi) is 5.34. The summed E-state index contributed by atoms with van der Waals surface area (Å²) in [6.07, 6.45) is 0.614. The number of nitrogens with one attached hydrogen (secondary N) is 2. The zero-order valence-electron chi connectivity index (χ0n) is 15.9. The normalized spacial score (nSPS) is 22.6. The lowest BCUT2D eigenvalue weighted by molar-refractivity contribution is -0.155. The molecular weight excluding hydrogens is 386 g/mol. The maximum absolute atomic E-state index is 12.5. The zero-order chi connectivity index (χ0) is 20.6. The third-order valence-corrected chi connectivity index (χ3v) is 5.59. The largest absolute Gasteiger partial charge is 0.451 e. The molecule has 2 aliphatic rings. The van der Waals surface area contributed by atoms with Gasteiger partial charge in [-0.2, -0.15) is 0 Å². The van der Waals surface area contributed by atoms with Crippen LogP contribution in [0.5, 0.6) is 0 Å². The number of carbonyl (C=O) groups excluding carboxylic acids is 4. The summed E-state index contributed by atoms with van der Waals surface area (Å²) in [4.78, 5) is 49.9. The number of hydrogen-bond acceptors (Lipinski definition) is 5. The van der Waals surface area contributed by atoms with E-state index in [1.807, 2.05) is 0 Å². The second-order valence-electron chi connectivity index (χ2n) is 7.33. The van der Waals surface area contributed by atoms with Gasteiger partial charge >= 0.3 is 12.0 Å². The first-order valence-electron chi connectivity index (χ1n) is 9.03. The van der Waals surface area contributed by atoms with Gasteiger partial charge in [0.05, 0.1) is 0 Å². The van der Waals surface area contributed by atoms with E-state index in [-0.39, 0.29) is 5.92 Å². The maximum atomic E-state index is 12.5. The number of nitrogens with zero attached hydrogens (tertiary/aromatic N) is 1. The quantitative estimate of drug-likeness (QED) is 0.555. The number of halogens is 1. The van der Waals surface area contributed by atoms with Gasteiger partial charge in [0.15, 0.2) is 6.10 Å². The topological polar surface area (TPSA) is 105 Å². The van der Waals surface area contributed by atoms with Crippen LogP contribution in [0.1, 0.15) is 32.3 Å². The average Bonchev–Trinajstić information content (AvgIpc) is 3.45. The molecule has 1 saturated heterocycles. The van der Waals surface area contributed by atoms with E-state index < -0.39 is 42.0 Å². The molecule has 0 spiro atoms. The lowest BCUT2D eigenvalue weighted by atomic mass is 9.96. The number of anilines is 1. The monoisotopic (exact) mass is 407 g/mol. The lowest BCUT2D eigenvalue weighted by Crippen LogP contribution is -2.46. The van der Waals surface area contributed by atoms with Crippen molar-refractivity contribution in [1.82, 2.24) is 10.2 Å². The highest BCUT2D eigenvalue weighted by atomic mass is 35.5. The van der Waals surface area contributed by atoms with Crippen molar-refractivity contribution in [2.45, 2.75) is 45.3 Å². The molecule has 0 unspecified atom stereocenters. The van der Waals surface area contributed by atoms with Crippen LogP contribution in [0.3, 0.4) is 0 Å². The Balaban J connectivity index is 1.57. The molecule has 1 aromatic carbocycles. The summed E-state index contributed by atoms with van der Waals surface area (Å²) in [6.45, 7) is 4.29. The molecule has 0 bridgehead atoms. The van der Waals surface area contributed by atoms with E-state index in [9.17, 15) is 19.2 Å². The minimum Gasteiger partial charge on any atom is -0.451 e. The van der Waals surface area contributed by atoms with Crippen LogP contribution in [-0.2, 0) is 19.1 Å². The molecule has 1 aromatic rings. The van der Waals surface area contributed by atoms with Crippen molar-refractivity contribution in [2.75, 3.05) is 11.9 Å². The summed E-state index contributed by atoms with van der Waals surface area (Å²) in [5, 5.41) is 5.80. The molecule has 3 rings (SSSR count). The summed E-state index contributed by atoms with van der Waals surface area (Å²) in [5.74, 6) is -1.73. The van der Waals surface area contributed by atoms with Gasteiger partial charge in [0.2, 0.25) is 0 Å². The zero-order valence-corrected chi connectivity index (χ0v) is 16.6. The number of hydrogen-bond donors (Lipinski definition) is 2. The van der Waals surface area contributed by atoms with Crippen molar-refractivity contribution in [3.05, 3.63) is 28.8 Å². The summed E-state index contributed by atoms with van der Waals surface area (Å²) in [5.41, 5.74) is 0.231. The molecule has 150 valence electrons. The summed E-state index contributed by atoms with van der Waals surface area (Å²) in [6, 6.07) is 4.45. The van der Waals surface area contributed by atoms with Gasteiger partial charge < -0.3 is 15.4 Å². The van der Waals surface area contributed by atoms with Gasteiger partial charge in [-0.1, -0.05) is 17.7 Å². The molecule has 2 N–H and O–H groups in total. The molecule has 1 aliphatic carbocycles. The molecule has 8 nitrogen and oxygen atoms in total. The maximum Gasteiger partial charge on any atom is 0.327 e. The van der Waals surface area contributed by atoms with E-state index in [4.69, 9.17) is 16.3 Å². The second-order valence-corrected chi connectivity index (χ2v) is 7.74. The number of esters is 1.